The van der Waals surface area contributed by atoms with Crippen LogP contribution < -0.4 is 5.56 Å². The van der Waals surface area contributed by atoms with Crippen molar-refractivity contribution < 1.29 is 13.6 Å². The van der Waals surface area contributed by atoms with E-state index in [2.05, 4.69) is 4.98 Å². The Kier molecular flexibility index (Phi) is 6.05. The van der Waals surface area contributed by atoms with Crippen LogP contribution in [0.4, 0.5) is 8.78 Å². The maximum absolute atomic E-state index is 14.6. The zero-order chi connectivity index (χ0) is 22.8. The topological polar surface area (TPSA) is 55.2 Å². The van der Waals surface area contributed by atoms with Crippen LogP contribution in [0, 0.1) is 11.6 Å². The second-order valence-corrected chi connectivity index (χ2v) is 8.28. The van der Waals surface area contributed by atoms with E-state index in [4.69, 9.17) is 0 Å². The number of para-hydroxylation sites is 1. The molecule has 0 atom stereocenters. The number of hydrogen-bond acceptors (Lipinski definition) is 4. The van der Waals surface area contributed by atoms with Crippen LogP contribution in [0.15, 0.2) is 76.7 Å². The van der Waals surface area contributed by atoms with Crippen molar-refractivity contribution in [3.05, 3.63) is 99.8 Å². The van der Waals surface area contributed by atoms with Crippen molar-refractivity contribution in [3.8, 4) is 5.69 Å². The largest absolute Gasteiger partial charge is 0.345 e. The fourth-order valence-corrected chi connectivity index (χ4v) is 4.20. The molecule has 0 N–H and O–H groups in total. The summed E-state index contributed by atoms with van der Waals surface area (Å²) < 4.78 is 29.2. The highest BCUT2D eigenvalue weighted by molar-refractivity contribution is 7.98. The molecule has 32 heavy (non-hydrogen) atoms. The monoisotopic (exact) mass is 451 g/mol. The average Bonchev–Trinajstić information content (AvgIpc) is 2.78. The van der Waals surface area contributed by atoms with Gasteiger partial charge in [-0.1, -0.05) is 36.0 Å². The molecular formula is C24H19F2N3O2S. The third-order valence-electron chi connectivity index (χ3n) is 4.87. The molecule has 0 saturated heterocycles. The fraction of sp³-hybridized carbons (Fsp3) is 0.125. The molecule has 0 spiro atoms. The molecule has 3 aromatic carbocycles. The SMILES string of the molecule is CN(C)C(=O)c1ccc(CSc2nc3ccccc3c(=O)n2-c2ccc(F)cc2F)cc1. The van der Waals surface area contributed by atoms with Crippen LogP contribution in [-0.4, -0.2) is 34.5 Å². The van der Waals surface area contributed by atoms with Crippen molar-refractivity contribution in [2.24, 2.45) is 0 Å². The van der Waals surface area contributed by atoms with E-state index in [0.717, 1.165) is 17.7 Å². The Morgan fingerprint density at radius 2 is 1.75 bits per heavy atom. The van der Waals surface area contributed by atoms with Crippen LogP contribution in [0.25, 0.3) is 16.6 Å². The van der Waals surface area contributed by atoms with Gasteiger partial charge in [0, 0.05) is 31.5 Å². The molecule has 162 valence electrons. The van der Waals surface area contributed by atoms with Crippen LogP contribution in [0.3, 0.4) is 0 Å². The summed E-state index contributed by atoms with van der Waals surface area (Å²) in [5.74, 6) is -1.24. The first-order chi connectivity index (χ1) is 15.3. The Balaban J connectivity index is 1.73. The molecule has 0 aliphatic carbocycles. The molecule has 1 heterocycles. The third kappa shape index (κ3) is 4.27. The van der Waals surface area contributed by atoms with Crippen LogP contribution in [-0.2, 0) is 5.75 Å². The van der Waals surface area contributed by atoms with Gasteiger partial charge in [0.2, 0.25) is 0 Å². The summed E-state index contributed by atoms with van der Waals surface area (Å²) in [7, 11) is 3.37. The fourth-order valence-electron chi connectivity index (χ4n) is 3.23. The number of halogens is 2. The number of carbonyl (C=O) groups is 1. The van der Waals surface area contributed by atoms with E-state index in [1.54, 1.807) is 50.5 Å². The molecule has 4 aromatic rings. The Bertz CT molecular complexity index is 1370. The smallest absolute Gasteiger partial charge is 0.266 e. The van der Waals surface area contributed by atoms with Crippen LogP contribution in [0.5, 0.6) is 0 Å². The molecule has 0 aliphatic rings. The number of amides is 1. The van der Waals surface area contributed by atoms with Crippen molar-refractivity contribution in [3.63, 3.8) is 0 Å². The standard InChI is InChI=1S/C24H19F2N3O2S/c1-28(2)22(30)16-9-7-15(8-10-16)14-32-24-27-20-6-4-3-5-18(20)23(31)29(24)21-12-11-17(25)13-19(21)26/h3-13H,14H2,1-2H3. The average molecular weight is 451 g/mol. The maximum atomic E-state index is 14.6. The van der Waals surface area contributed by atoms with E-state index in [1.165, 1.54) is 27.3 Å². The number of benzene rings is 3. The molecule has 0 fully saturated rings. The normalized spacial score (nSPS) is 11.0. The summed E-state index contributed by atoms with van der Waals surface area (Å²) in [6, 6.07) is 17.0. The number of hydrogen-bond donors (Lipinski definition) is 0. The summed E-state index contributed by atoms with van der Waals surface area (Å²) in [4.78, 5) is 31.3. The Morgan fingerprint density at radius 1 is 1.03 bits per heavy atom. The molecule has 1 amide bonds. The van der Waals surface area contributed by atoms with Gasteiger partial charge in [-0.2, -0.15) is 0 Å². The minimum atomic E-state index is -0.849. The first kappa shape index (κ1) is 21.7. The molecular weight excluding hydrogens is 432 g/mol. The second kappa shape index (κ2) is 8.92. The van der Waals surface area contributed by atoms with E-state index >= 15 is 0 Å². The summed E-state index contributed by atoms with van der Waals surface area (Å²) in [6.45, 7) is 0. The minimum absolute atomic E-state index is 0.0657. The molecule has 0 radical (unpaired) electrons. The lowest BCUT2D eigenvalue weighted by Crippen LogP contribution is -2.22. The molecule has 0 saturated carbocycles. The van der Waals surface area contributed by atoms with Gasteiger partial charge in [0.1, 0.15) is 11.6 Å². The van der Waals surface area contributed by atoms with Gasteiger partial charge in [0.25, 0.3) is 11.5 Å². The molecule has 1 aromatic heterocycles. The summed E-state index contributed by atoms with van der Waals surface area (Å²) in [6.07, 6.45) is 0. The van der Waals surface area contributed by atoms with E-state index in [1.807, 2.05) is 12.1 Å². The van der Waals surface area contributed by atoms with E-state index in [0.29, 0.717) is 22.2 Å². The number of thioether (sulfide) groups is 1. The highest BCUT2D eigenvalue weighted by atomic mass is 32.2. The van der Waals surface area contributed by atoms with Crippen molar-refractivity contribution >= 4 is 28.6 Å². The first-order valence-electron chi connectivity index (χ1n) is 9.76. The zero-order valence-corrected chi connectivity index (χ0v) is 18.2. The molecule has 0 bridgehead atoms. The lowest BCUT2D eigenvalue weighted by Gasteiger charge is -2.14. The molecule has 0 aliphatic heterocycles. The highest BCUT2D eigenvalue weighted by Gasteiger charge is 2.17. The van der Waals surface area contributed by atoms with Crippen LogP contribution in [0.2, 0.25) is 0 Å². The number of nitrogens with zero attached hydrogens (tertiary/aromatic N) is 3. The van der Waals surface area contributed by atoms with Crippen molar-refractivity contribution in [1.29, 1.82) is 0 Å². The molecule has 5 nitrogen and oxygen atoms in total. The van der Waals surface area contributed by atoms with Gasteiger partial charge in [0.05, 0.1) is 16.6 Å². The quantitative estimate of drug-likeness (QED) is 0.327. The summed E-state index contributed by atoms with van der Waals surface area (Å²) >= 11 is 1.25. The molecule has 4 rings (SSSR count). The van der Waals surface area contributed by atoms with Gasteiger partial charge in [0.15, 0.2) is 5.16 Å². The van der Waals surface area contributed by atoms with Gasteiger partial charge in [-0.15, -0.1) is 0 Å². The molecule has 8 heteroatoms. The Morgan fingerprint density at radius 3 is 2.44 bits per heavy atom. The number of aromatic nitrogens is 2. The van der Waals surface area contributed by atoms with E-state index < -0.39 is 17.2 Å². The van der Waals surface area contributed by atoms with Crippen LogP contribution >= 0.6 is 11.8 Å². The van der Waals surface area contributed by atoms with E-state index in [-0.39, 0.29) is 16.8 Å². The Hall–Kier alpha value is -3.52. The van der Waals surface area contributed by atoms with Gasteiger partial charge < -0.3 is 4.90 Å². The minimum Gasteiger partial charge on any atom is -0.345 e. The Labute approximate surface area is 187 Å². The maximum Gasteiger partial charge on any atom is 0.266 e. The lowest BCUT2D eigenvalue weighted by atomic mass is 10.1. The lowest BCUT2D eigenvalue weighted by molar-refractivity contribution is 0.0827. The number of rotatable bonds is 5. The first-order valence-corrected chi connectivity index (χ1v) is 10.7. The van der Waals surface area contributed by atoms with Gasteiger partial charge in [-0.05, 0) is 42.0 Å². The highest BCUT2D eigenvalue weighted by Crippen LogP contribution is 2.26. The van der Waals surface area contributed by atoms with Gasteiger partial charge in [-0.3, -0.25) is 14.2 Å². The van der Waals surface area contributed by atoms with Crippen molar-refractivity contribution in [2.75, 3.05) is 14.1 Å². The van der Waals surface area contributed by atoms with E-state index in [9.17, 15) is 18.4 Å². The second-order valence-electron chi connectivity index (χ2n) is 7.33. The summed E-state index contributed by atoms with van der Waals surface area (Å²) in [5.41, 5.74) is 1.46. The predicted molar refractivity (Wildman–Crippen MR) is 121 cm³/mol. The van der Waals surface area contributed by atoms with Gasteiger partial charge in [-0.25, -0.2) is 13.8 Å². The number of fused-ring (bicyclic) bond motifs is 1. The van der Waals surface area contributed by atoms with Gasteiger partial charge >= 0.3 is 0 Å². The number of carbonyl (C=O) groups excluding carboxylic acids is 1. The third-order valence-corrected chi connectivity index (χ3v) is 5.88. The van der Waals surface area contributed by atoms with Crippen LogP contribution in [0.1, 0.15) is 15.9 Å². The molecule has 0 unspecified atom stereocenters. The predicted octanol–water partition coefficient (Wildman–Crippen LogP) is 4.66. The van der Waals surface area contributed by atoms with Crippen molar-refractivity contribution in [1.82, 2.24) is 14.5 Å². The zero-order valence-electron chi connectivity index (χ0n) is 17.4. The summed E-state index contributed by atoms with van der Waals surface area (Å²) in [5, 5.41) is 0.625. The van der Waals surface area contributed by atoms with Crippen molar-refractivity contribution in [2.45, 2.75) is 10.9 Å².